The second kappa shape index (κ2) is 8.74. The standard InChI is InChI=1S/C24H24ClNO3S2/c25-18-7-5-15(6-8-18)20-12-17(2-1-9-27)21(29-20)13-22-23(28)26(24(30)31-22)19-11-14-3-4-16(19)10-14/h5-8,12-14,16,19,27H,1-4,9-11H2/b22-13-. The maximum Gasteiger partial charge on any atom is 0.266 e. The van der Waals surface area contributed by atoms with Crippen molar-refractivity contribution >= 4 is 51.9 Å². The molecule has 2 aromatic rings. The van der Waals surface area contributed by atoms with Gasteiger partial charge >= 0.3 is 0 Å². The summed E-state index contributed by atoms with van der Waals surface area (Å²) in [5, 5.41) is 9.97. The zero-order valence-electron chi connectivity index (χ0n) is 17.1. The quantitative estimate of drug-likeness (QED) is 0.417. The summed E-state index contributed by atoms with van der Waals surface area (Å²) in [6, 6.07) is 9.72. The largest absolute Gasteiger partial charge is 0.456 e. The Balaban J connectivity index is 1.44. The summed E-state index contributed by atoms with van der Waals surface area (Å²) in [6.07, 6.45) is 7.94. The molecule has 0 radical (unpaired) electrons. The number of aliphatic hydroxyl groups is 1. The van der Waals surface area contributed by atoms with Crippen LogP contribution in [-0.4, -0.2) is 32.9 Å². The molecule has 1 aromatic heterocycles. The van der Waals surface area contributed by atoms with E-state index in [9.17, 15) is 9.90 Å². The molecule has 2 aliphatic carbocycles. The number of aliphatic hydroxyl groups excluding tert-OH is 1. The molecule has 4 nitrogen and oxygen atoms in total. The molecule has 1 aliphatic heterocycles. The first-order valence-electron chi connectivity index (χ1n) is 10.8. The van der Waals surface area contributed by atoms with Gasteiger partial charge in [0, 0.05) is 29.3 Å². The SMILES string of the molecule is O=C1/C(=C/c2oc(-c3ccc(Cl)cc3)cc2CCCO)SC(=S)N1C1CC2CCC1C2. The number of halogens is 1. The molecule has 162 valence electrons. The average molecular weight is 474 g/mol. The molecule has 2 saturated carbocycles. The number of carbonyl (C=O) groups excluding carboxylic acids is 1. The minimum atomic E-state index is 0.00472. The van der Waals surface area contributed by atoms with Crippen molar-refractivity contribution in [3.05, 3.63) is 51.6 Å². The highest BCUT2D eigenvalue weighted by atomic mass is 35.5. The number of benzene rings is 1. The Kier molecular flexibility index (Phi) is 5.99. The first-order chi connectivity index (χ1) is 15.0. The zero-order chi connectivity index (χ0) is 21.5. The van der Waals surface area contributed by atoms with E-state index in [0.717, 1.165) is 29.2 Å². The van der Waals surface area contributed by atoms with Crippen LogP contribution in [0.5, 0.6) is 0 Å². The molecule has 2 bridgehead atoms. The molecule has 3 aliphatic rings. The van der Waals surface area contributed by atoms with Crippen molar-refractivity contribution in [3.63, 3.8) is 0 Å². The molecule has 1 aromatic carbocycles. The molecule has 3 fully saturated rings. The van der Waals surface area contributed by atoms with Crippen molar-refractivity contribution in [2.45, 2.75) is 44.6 Å². The normalized spacial score (nSPS) is 26.6. The first kappa shape index (κ1) is 21.3. The third-order valence-electron chi connectivity index (χ3n) is 6.69. The van der Waals surface area contributed by atoms with Gasteiger partial charge in [0.05, 0.1) is 4.91 Å². The fourth-order valence-electron chi connectivity index (χ4n) is 5.20. The highest BCUT2D eigenvalue weighted by Crippen LogP contribution is 2.49. The number of aryl methyl sites for hydroxylation is 1. The van der Waals surface area contributed by atoms with Crippen LogP contribution in [0.15, 0.2) is 39.7 Å². The number of hydrogen-bond donors (Lipinski definition) is 1. The van der Waals surface area contributed by atoms with E-state index in [2.05, 4.69) is 0 Å². The van der Waals surface area contributed by atoms with E-state index in [-0.39, 0.29) is 18.6 Å². The number of thiocarbonyl (C=S) groups is 1. The number of nitrogens with zero attached hydrogens (tertiary/aromatic N) is 1. The van der Waals surface area contributed by atoms with Gasteiger partial charge in [-0.2, -0.15) is 0 Å². The Morgan fingerprint density at radius 2 is 2.06 bits per heavy atom. The van der Waals surface area contributed by atoms with Crippen LogP contribution in [0.25, 0.3) is 17.4 Å². The lowest BCUT2D eigenvalue weighted by atomic mass is 9.94. The number of rotatable bonds is 6. The molecular weight excluding hydrogens is 450 g/mol. The summed E-state index contributed by atoms with van der Waals surface area (Å²) < 4.78 is 6.83. The summed E-state index contributed by atoms with van der Waals surface area (Å²) in [5.41, 5.74) is 1.90. The van der Waals surface area contributed by atoms with Gasteiger partial charge in [-0.15, -0.1) is 0 Å². The van der Waals surface area contributed by atoms with E-state index in [0.29, 0.717) is 38.8 Å². The van der Waals surface area contributed by atoms with Crippen LogP contribution < -0.4 is 0 Å². The Labute approximate surface area is 196 Å². The Morgan fingerprint density at radius 1 is 1.26 bits per heavy atom. The number of carbonyl (C=O) groups is 1. The Bertz CT molecular complexity index is 1050. The van der Waals surface area contributed by atoms with E-state index in [1.165, 1.54) is 31.0 Å². The Hall–Kier alpha value is -1.60. The van der Waals surface area contributed by atoms with E-state index >= 15 is 0 Å². The number of hydrogen-bond acceptors (Lipinski definition) is 5. The van der Waals surface area contributed by atoms with Crippen molar-refractivity contribution in [2.24, 2.45) is 11.8 Å². The van der Waals surface area contributed by atoms with E-state index < -0.39 is 0 Å². The molecule has 31 heavy (non-hydrogen) atoms. The van der Waals surface area contributed by atoms with Crippen LogP contribution in [0.2, 0.25) is 5.02 Å². The molecular formula is C24H24ClNO3S2. The van der Waals surface area contributed by atoms with Crippen LogP contribution in [0.4, 0.5) is 0 Å². The molecule has 3 unspecified atom stereocenters. The van der Waals surface area contributed by atoms with Gasteiger partial charge in [-0.05, 0) is 79.8 Å². The predicted molar refractivity (Wildman–Crippen MR) is 129 cm³/mol. The third-order valence-corrected chi connectivity index (χ3v) is 8.28. The minimum Gasteiger partial charge on any atom is -0.456 e. The molecule has 1 saturated heterocycles. The summed E-state index contributed by atoms with van der Waals surface area (Å²) in [4.78, 5) is 15.8. The highest BCUT2D eigenvalue weighted by molar-refractivity contribution is 8.26. The fraction of sp³-hybridized carbons (Fsp3) is 0.417. The molecule has 2 heterocycles. The molecule has 1 N–H and O–H groups in total. The van der Waals surface area contributed by atoms with Crippen LogP contribution in [0.1, 0.15) is 43.4 Å². The van der Waals surface area contributed by atoms with Gasteiger partial charge in [-0.25, -0.2) is 0 Å². The smallest absolute Gasteiger partial charge is 0.266 e. The lowest BCUT2D eigenvalue weighted by molar-refractivity contribution is -0.124. The van der Waals surface area contributed by atoms with Crippen molar-refractivity contribution < 1.29 is 14.3 Å². The van der Waals surface area contributed by atoms with Crippen LogP contribution in [0, 0.1) is 11.8 Å². The summed E-state index contributed by atoms with van der Waals surface area (Å²) >= 11 is 13.0. The molecule has 1 amide bonds. The lowest BCUT2D eigenvalue weighted by Gasteiger charge is -2.30. The minimum absolute atomic E-state index is 0.00472. The van der Waals surface area contributed by atoms with Gasteiger partial charge in [0.15, 0.2) is 0 Å². The molecule has 5 rings (SSSR count). The second-order valence-corrected chi connectivity index (χ2v) is 10.7. The molecule has 3 atom stereocenters. The van der Waals surface area contributed by atoms with Gasteiger partial charge in [0.25, 0.3) is 5.91 Å². The van der Waals surface area contributed by atoms with Crippen molar-refractivity contribution in [1.29, 1.82) is 0 Å². The van der Waals surface area contributed by atoms with E-state index in [1.54, 1.807) is 0 Å². The topological polar surface area (TPSA) is 53.7 Å². The van der Waals surface area contributed by atoms with Gasteiger partial charge in [0.1, 0.15) is 15.8 Å². The second-order valence-electron chi connectivity index (χ2n) is 8.63. The van der Waals surface area contributed by atoms with Crippen molar-refractivity contribution in [3.8, 4) is 11.3 Å². The zero-order valence-corrected chi connectivity index (χ0v) is 19.4. The third kappa shape index (κ3) is 4.11. The molecule has 0 spiro atoms. The summed E-state index contributed by atoms with van der Waals surface area (Å²) in [6.45, 7) is 0.104. The Morgan fingerprint density at radius 3 is 2.74 bits per heavy atom. The van der Waals surface area contributed by atoms with Gasteiger partial charge < -0.3 is 9.52 Å². The van der Waals surface area contributed by atoms with E-state index in [4.69, 9.17) is 28.2 Å². The maximum absolute atomic E-state index is 13.3. The van der Waals surface area contributed by atoms with Crippen molar-refractivity contribution in [2.75, 3.05) is 6.61 Å². The number of amides is 1. The number of thioether (sulfide) groups is 1. The van der Waals surface area contributed by atoms with E-state index in [1.807, 2.05) is 41.3 Å². The monoisotopic (exact) mass is 473 g/mol. The van der Waals surface area contributed by atoms with Gasteiger partial charge in [-0.1, -0.05) is 42.0 Å². The number of fused-ring (bicyclic) bond motifs is 2. The van der Waals surface area contributed by atoms with Gasteiger partial charge in [-0.3, -0.25) is 9.69 Å². The first-order valence-corrected chi connectivity index (χ1v) is 12.4. The number of furan rings is 1. The molecule has 7 heteroatoms. The van der Waals surface area contributed by atoms with Crippen LogP contribution in [-0.2, 0) is 11.2 Å². The van der Waals surface area contributed by atoms with Crippen molar-refractivity contribution in [1.82, 2.24) is 4.90 Å². The van der Waals surface area contributed by atoms with Crippen LogP contribution in [0.3, 0.4) is 0 Å². The summed E-state index contributed by atoms with van der Waals surface area (Å²) in [7, 11) is 0. The van der Waals surface area contributed by atoms with Gasteiger partial charge in [0.2, 0.25) is 0 Å². The summed E-state index contributed by atoms with van der Waals surface area (Å²) in [5.74, 6) is 2.73. The predicted octanol–water partition coefficient (Wildman–Crippen LogP) is 5.91. The lowest BCUT2D eigenvalue weighted by Crippen LogP contribution is -2.41. The average Bonchev–Trinajstić information content (AvgIpc) is 3.52. The highest BCUT2D eigenvalue weighted by Gasteiger charge is 2.48. The maximum atomic E-state index is 13.3. The van der Waals surface area contributed by atoms with Crippen LogP contribution >= 0.6 is 35.6 Å². The fourth-order valence-corrected chi connectivity index (χ4v) is 6.67.